The zero-order valence-corrected chi connectivity index (χ0v) is 15.7. The molecule has 1 saturated heterocycles. The van der Waals surface area contributed by atoms with Gasteiger partial charge in [-0.1, -0.05) is 0 Å². The highest BCUT2D eigenvalue weighted by molar-refractivity contribution is 14.1. The van der Waals surface area contributed by atoms with Crippen LogP contribution in [-0.4, -0.2) is 49.9 Å². The van der Waals surface area contributed by atoms with Gasteiger partial charge in [-0.05, 0) is 61.6 Å². The Labute approximate surface area is 145 Å². The van der Waals surface area contributed by atoms with Gasteiger partial charge in [-0.15, -0.1) is 0 Å². The van der Waals surface area contributed by atoms with Crippen molar-refractivity contribution in [1.29, 1.82) is 0 Å². The summed E-state index contributed by atoms with van der Waals surface area (Å²) in [5.41, 5.74) is 0.625. The number of anilines is 1. The number of benzene rings is 1. The lowest BCUT2D eigenvalue weighted by Gasteiger charge is -2.37. The Hall–Kier alpha value is -1.18. The van der Waals surface area contributed by atoms with E-state index in [2.05, 4.69) is 39.6 Å². The second-order valence-corrected chi connectivity index (χ2v) is 7.52. The molecule has 1 aliphatic heterocycles. The van der Waals surface area contributed by atoms with E-state index in [9.17, 15) is 4.79 Å². The summed E-state index contributed by atoms with van der Waals surface area (Å²) in [6, 6.07) is 6.17. The third-order valence-electron chi connectivity index (χ3n) is 3.41. The van der Waals surface area contributed by atoms with Crippen LogP contribution in [0.1, 0.15) is 20.8 Å². The molecule has 0 unspecified atom stereocenters. The highest BCUT2D eigenvalue weighted by Gasteiger charge is 2.26. The first kappa shape index (κ1) is 17.2. The summed E-state index contributed by atoms with van der Waals surface area (Å²) in [4.78, 5) is 16.1. The summed E-state index contributed by atoms with van der Waals surface area (Å²) in [6.07, 6.45) is -0.235. The van der Waals surface area contributed by atoms with Gasteiger partial charge in [-0.2, -0.15) is 0 Å². The number of carbonyl (C=O) groups excluding carboxylic acids is 1. The first-order valence-electron chi connectivity index (χ1n) is 7.36. The summed E-state index contributed by atoms with van der Waals surface area (Å²) in [5.74, 6) is 0.873. The lowest BCUT2D eigenvalue weighted by Crippen LogP contribution is -2.50. The molecule has 1 aromatic rings. The second-order valence-electron chi connectivity index (χ2n) is 6.27. The number of ether oxygens (including phenoxy) is 2. The minimum absolute atomic E-state index is 0.235. The molecule has 5 nitrogen and oxygen atoms in total. The molecular weight excluding hydrogens is 395 g/mol. The highest BCUT2D eigenvalue weighted by Crippen LogP contribution is 2.30. The van der Waals surface area contributed by atoms with Crippen molar-refractivity contribution in [3.05, 3.63) is 21.8 Å². The molecule has 0 aromatic heterocycles. The van der Waals surface area contributed by atoms with E-state index in [1.165, 1.54) is 0 Å². The van der Waals surface area contributed by atoms with Crippen LogP contribution in [0.4, 0.5) is 10.5 Å². The van der Waals surface area contributed by atoms with Gasteiger partial charge in [0.25, 0.3) is 0 Å². The number of amides is 1. The van der Waals surface area contributed by atoms with Gasteiger partial charge >= 0.3 is 6.09 Å². The first-order chi connectivity index (χ1) is 10.3. The molecule has 0 radical (unpaired) electrons. The van der Waals surface area contributed by atoms with Crippen LogP contribution in [0.25, 0.3) is 0 Å². The van der Waals surface area contributed by atoms with E-state index >= 15 is 0 Å². The average Bonchev–Trinajstić information content (AvgIpc) is 2.45. The van der Waals surface area contributed by atoms with Crippen LogP contribution in [0.5, 0.6) is 5.75 Å². The van der Waals surface area contributed by atoms with Crippen molar-refractivity contribution >= 4 is 34.4 Å². The molecule has 0 saturated carbocycles. The zero-order valence-electron chi connectivity index (χ0n) is 13.6. The number of rotatable bonds is 2. The third-order valence-corrected chi connectivity index (χ3v) is 4.08. The number of carbonyl (C=O) groups is 1. The summed E-state index contributed by atoms with van der Waals surface area (Å²) in [5, 5.41) is 0. The Morgan fingerprint density at radius 3 is 2.36 bits per heavy atom. The van der Waals surface area contributed by atoms with E-state index in [0.717, 1.165) is 28.1 Å². The summed E-state index contributed by atoms with van der Waals surface area (Å²) < 4.78 is 12.0. The molecule has 1 aliphatic rings. The Bertz CT molecular complexity index is 535. The van der Waals surface area contributed by atoms with Gasteiger partial charge in [0, 0.05) is 29.7 Å². The summed E-state index contributed by atoms with van der Waals surface area (Å²) in [7, 11) is 1.69. The van der Waals surface area contributed by atoms with Crippen molar-refractivity contribution < 1.29 is 14.3 Å². The van der Waals surface area contributed by atoms with E-state index in [-0.39, 0.29) is 6.09 Å². The van der Waals surface area contributed by atoms with E-state index in [1.54, 1.807) is 12.0 Å². The molecule has 1 aromatic carbocycles. The van der Waals surface area contributed by atoms with Crippen LogP contribution in [0.3, 0.4) is 0 Å². The van der Waals surface area contributed by atoms with Crippen LogP contribution in [0, 0.1) is 3.57 Å². The lowest BCUT2D eigenvalue weighted by molar-refractivity contribution is 0.0240. The number of nitrogens with zero attached hydrogens (tertiary/aromatic N) is 2. The van der Waals surface area contributed by atoms with Gasteiger partial charge < -0.3 is 19.3 Å². The Balaban J connectivity index is 1.99. The molecule has 122 valence electrons. The molecule has 2 rings (SSSR count). The van der Waals surface area contributed by atoms with Gasteiger partial charge in [0.05, 0.1) is 12.8 Å². The van der Waals surface area contributed by atoms with E-state index in [1.807, 2.05) is 26.8 Å². The van der Waals surface area contributed by atoms with Crippen LogP contribution in [0.2, 0.25) is 0 Å². The van der Waals surface area contributed by atoms with Crippen molar-refractivity contribution in [2.75, 3.05) is 38.2 Å². The predicted molar refractivity (Wildman–Crippen MR) is 95.7 cm³/mol. The highest BCUT2D eigenvalue weighted by atomic mass is 127. The number of hydrogen-bond acceptors (Lipinski definition) is 4. The van der Waals surface area contributed by atoms with Crippen LogP contribution in [0.15, 0.2) is 18.2 Å². The number of hydrogen-bond donors (Lipinski definition) is 0. The maximum atomic E-state index is 12.1. The average molecular weight is 418 g/mol. The van der Waals surface area contributed by atoms with Gasteiger partial charge in [-0.25, -0.2) is 4.79 Å². The minimum Gasteiger partial charge on any atom is -0.495 e. The van der Waals surface area contributed by atoms with Gasteiger partial charge in [0.2, 0.25) is 0 Å². The standard InChI is InChI=1S/C16H23IN2O3/c1-16(2,3)22-15(20)19-9-7-18(8-10-19)13-6-5-12(17)11-14(13)21-4/h5-6,11H,7-10H2,1-4H3. The number of piperazine rings is 1. The summed E-state index contributed by atoms with van der Waals surface area (Å²) >= 11 is 2.27. The molecule has 1 amide bonds. The quantitative estimate of drug-likeness (QED) is 0.691. The van der Waals surface area contributed by atoms with E-state index in [0.29, 0.717) is 13.1 Å². The largest absolute Gasteiger partial charge is 0.495 e. The number of methoxy groups -OCH3 is 1. The molecular formula is C16H23IN2O3. The molecule has 22 heavy (non-hydrogen) atoms. The van der Waals surface area contributed by atoms with E-state index < -0.39 is 5.60 Å². The topological polar surface area (TPSA) is 42.0 Å². The fraction of sp³-hybridized carbons (Fsp3) is 0.562. The summed E-state index contributed by atoms with van der Waals surface area (Å²) in [6.45, 7) is 8.52. The molecule has 0 N–H and O–H groups in total. The normalized spacial score (nSPS) is 15.7. The molecule has 0 atom stereocenters. The monoisotopic (exact) mass is 418 g/mol. The van der Waals surface area contributed by atoms with Gasteiger partial charge in [0.15, 0.2) is 0 Å². The zero-order chi connectivity index (χ0) is 16.3. The Morgan fingerprint density at radius 1 is 1.18 bits per heavy atom. The minimum atomic E-state index is -0.451. The van der Waals surface area contributed by atoms with Crippen LogP contribution < -0.4 is 9.64 Å². The fourth-order valence-corrected chi connectivity index (χ4v) is 2.83. The van der Waals surface area contributed by atoms with Crippen molar-refractivity contribution in [1.82, 2.24) is 4.90 Å². The SMILES string of the molecule is COc1cc(I)ccc1N1CCN(C(=O)OC(C)(C)C)CC1. The molecule has 0 spiro atoms. The first-order valence-corrected chi connectivity index (χ1v) is 8.44. The predicted octanol–water partition coefficient (Wildman–Crippen LogP) is 3.36. The van der Waals surface area contributed by atoms with Crippen LogP contribution in [-0.2, 0) is 4.74 Å². The van der Waals surface area contributed by atoms with Gasteiger partial charge in [-0.3, -0.25) is 0 Å². The number of halogens is 1. The van der Waals surface area contributed by atoms with Crippen molar-refractivity contribution in [3.8, 4) is 5.75 Å². The van der Waals surface area contributed by atoms with Crippen molar-refractivity contribution in [3.63, 3.8) is 0 Å². The maximum Gasteiger partial charge on any atom is 0.410 e. The molecule has 0 aliphatic carbocycles. The van der Waals surface area contributed by atoms with Crippen molar-refractivity contribution in [2.24, 2.45) is 0 Å². The lowest BCUT2D eigenvalue weighted by atomic mass is 10.2. The molecule has 1 heterocycles. The Morgan fingerprint density at radius 2 is 1.82 bits per heavy atom. The van der Waals surface area contributed by atoms with Gasteiger partial charge in [0.1, 0.15) is 11.4 Å². The third kappa shape index (κ3) is 4.41. The fourth-order valence-electron chi connectivity index (χ4n) is 2.37. The second kappa shape index (κ2) is 6.93. The molecule has 1 fully saturated rings. The van der Waals surface area contributed by atoms with Crippen molar-refractivity contribution in [2.45, 2.75) is 26.4 Å². The van der Waals surface area contributed by atoms with E-state index in [4.69, 9.17) is 9.47 Å². The maximum absolute atomic E-state index is 12.1. The Kier molecular flexibility index (Phi) is 5.41. The smallest absolute Gasteiger partial charge is 0.410 e. The molecule has 0 bridgehead atoms. The van der Waals surface area contributed by atoms with Crippen LogP contribution >= 0.6 is 22.6 Å². The molecule has 6 heteroatoms.